The number of primary amides is 1. The zero-order valence-electron chi connectivity index (χ0n) is 7.16. The summed E-state index contributed by atoms with van der Waals surface area (Å²) in [5.41, 5.74) is 5.05. The van der Waals surface area contributed by atoms with Gasteiger partial charge in [0.15, 0.2) is 6.10 Å². The van der Waals surface area contributed by atoms with E-state index in [1.165, 1.54) is 0 Å². The van der Waals surface area contributed by atoms with Gasteiger partial charge in [-0.2, -0.15) is 0 Å². The number of benzene rings is 1. The molecule has 1 atom stereocenters. The molecule has 1 amide bonds. The summed E-state index contributed by atoms with van der Waals surface area (Å²) in [5, 5.41) is 0. The molecule has 0 aromatic heterocycles. The number of ether oxygens (including phenoxy) is 1. The molecule has 0 aliphatic carbocycles. The van der Waals surface area contributed by atoms with Crippen LogP contribution < -0.4 is 10.5 Å². The number of para-hydroxylation sites is 1. The van der Waals surface area contributed by atoms with E-state index in [1.807, 2.05) is 18.2 Å². The van der Waals surface area contributed by atoms with Crippen molar-refractivity contribution in [2.45, 2.75) is 13.0 Å². The summed E-state index contributed by atoms with van der Waals surface area (Å²) in [7, 11) is 0. The van der Waals surface area contributed by atoms with Crippen molar-refractivity contribution < 1.29 is 9.53 Å². The zero-order valence-corrected chi connectivity index (χ0v) is 8.74. The standard InChI is InChI=1S/C9H10BrNO2/c1-6(9(11)12)13-8-5-3-2-4-7(8)10/h2-6H,1H3,(H2,11,12)/t6-/m1/s1. The number of amides is 1. The third-order valence-electron chi connectivity index (χ3n) is 1.54. The Bertz CT molecular complexity index is 314. The maximum absolute atomic E-state index is 10.7. The molecule has 0 aliphatic rings. The Labute approximate surface area is 85.0 Å². The fourth-order valence-electron chi connectivity index (χ4n) is 0.789. The van der Waals surface area contributed by atoms with E-state index >= 15 is 0 Å². The van der Waals surface area contributed by atoms with E-state index in [0.717, 1.165) is 4.47 Å². The fourth-order valence-corrected chi connectivity index (χ4v) is 1.17. The van der Waals surface area contributed by atoms with Crippen molar-refractivity contribution in [2.24, 2.45) is 5.73 Å². The van der Waals surface area contributed by atoms with Crippen LogP contribution >= 0.6 is 15.9 Å². The molecular formula is C9H10BrNO2. The number of hydrogen-bond acceptors (Lipinski definition) is 2. The molecule has 0 unspecified atom stereocenters. The summed E-state index contributed by atoms with van der Waals surface area (Å²) in [6.45, 7) is 1.61. The Morgan fingerprint density at radius 1 is 1.54 bits per heavy atom. The summed E-state index contributed by atoms with van der Waals surface area (Å²) in [5.74, 6) is 0.143. The van der Waals surface area contributed by atoms with Gasteiger partial charge >= 0.3 is 0 Å². The summed E-state index contributed by atoms with van der Waals surface area (Å²) < 4.78 is 6.09. The molecule has 1 aromatic carbocycles. The molecular weight excluding hydrogens is 234 g/mol. The van der Waals surface area contributed by atoms with E-state index in [1.54, 1.807) is 13.0 Å². The van der Waals surface area contributed by atoms with Crippen LogP contribution in [0.4, 0.5) is 0 Å². The summed E-state index contributed by atoms with van der Waals surface area (Å²) >= 11 is 3.30. The van der Waals surface area contributed by atoms with E-state index in [2.05, 4.69) is 15.9 Å². The van der Waals surface area contributed by atoms with Crippen molar-refractivity contribution in [2.75, 3.05) is 0 Å². The van der Waals surface area contributed by atoms with Gasteiger partial charge in [0, 0.05) is 0 Å². The maximum Gasteiger partial charge on any atom is 0.258 e. The van der Waals surface area contributed by atoms with Gasteiger partial charge in [0.05, 0.1) is 4.47 Å². The first-order valence-electron chi connectivity index (χ1n) is 3.81. The highest BCUT2D eigenvalue weighted by atomic mass is 79.9. The van der Waals surface area contributed by atoms with Crippen LogP contribution in [0.5, 0.6) is 5.75 Å². The quantitative estimate of drug-likeness (QED) is 0.879. The predicted octanol–water partition coefficient (Wildman–Crippen LogP) is 1.70. The van der Waals surface area contributed by atoms with Gasteiger partial charge in [-0.1, -0.05) is 12.1 Å². The maximum atomic E-state index is 10.7. The first-order valence-corrected chi connectivity index (χ1v) is 4.61. The smallest absolute Gasteiger partial charge is 0.258 e. The Balaban J connectivity index is 2.74. The molecule has 4 heteroatoms. The van der Waals surface area contributed by atoms with Gasteiger partial charge in [-0.25, -0.2) is 0 Å². The molecule has 1 rings (SSSR count). The average Bonchev–Trinajstić information content (AvgIpc) is 2.08. The average molecular weight is 244 g/mol. The van der Waals surface area contributed by atoms with Gasteiger partial charge in [-0.05, 0) is 35.0 Å². The molecule has 2 N–H and O–H groups in total. The number of carbonyl (C=O) groups excluding carboxylic acids is 1. The third-order valence-corrected chi connectivity index (χ3v) is 2.20. The lowest BCUT2D eigenvalue weighted by Gasteiger charge is -2.11. The lowest BCUT2D eigenvalue weighted by Crippen LogP contribution is -2.30. The molecule has 0 fully saturated rings. The summed E-state index contributed by atoms with van der Waals surface area (Å²) in [6, 6.07) is 7.30. The number of hydrogen-bond donors (Lipinski definition) is 1. The monoisotopic (exact) mass is 243 g/mol. The van der Waals surface area contributed by atoms with Crippen molar-refractivity contribution in [3.8, 4) is 5.75 Å². The van der Waals surface area contributed by atoms with Crippen LogP contribution in [0, 0.1) is 0 Å². The Kier molecular flexibility index (Phi) is 3.31. The number of carbonyl (C=O) groups is 1. The second kappa shape index (κ2) is 4.28. The highest BCUT2D eigenvalue weighted by Gasteiger charge is 2.11. The van der Waals surface area contributed by atoms with Crippen LogP contribution in [0.2, 0.25) is 0 Å². The van der Waals surface area contributed by atoms with Gasteiger partial charge in [0.2, 0.25) is 0 Å². The molecule has 0 bridgehead atoms. The first kappa shape index (κ1) is 10.1. The molecule has 1 aromatic rings. The second-order valence-electron chi connectivity index (χ2n) is 2.59. The predicted molar refractivity (Wildman–Crippen MR) is 53.4 cm³/mol. The molecule has 0 spiro atoms. The van der Waals surface area contributed by atoms with Gasteiger partial charge in [0.25, 0.3) is 5.91 Å². The van der Waals surface area contributed by atoms with Crippen molar-refractivity contribution in [3.63, 3.8) is 0 Å². The third kappa shape index (κ3) is 2.73. The molecule has 0 saturated heterocycles. The molecule has 70 valence electrons. The zero-order chi connectivity index (χ0) is 9.84. The first-order chi connectivity index (χ1) is 6.11. The highest BCUT2D eigenvalue weighted by molar-refractivity contribution is 9.10. The topological polar surface area (TPSA) is 52.3 Å². The minimum Gasteiger partial charge on any atom is -0.480 e. The van der Waals surface area contributed by atoms with Gasteiger partial charge in [0.1, 0.15) is 5.75 Å². The summed E-state index contributed by atoms with van der Waals surface area (Å²) in [6.07, 6.45) is -0.612. The van der Waals surface area contributed by atoms with Gasteiger partial charge in [-0.3, -0.25) is 4.79 Å². The molecule has 0 aliphatic heterocycles. The van der Waals surface area contributed by atoms with Crippen molar-refractivity contribution in [1.29, 1.82) is 0 Å². The Morgan fingerprint density at radius 3 is 2.69 bits per heavy atom. The van der Waals surface area contributed by atoms with E-state index in [-0.39, 0.29) is 0 Å². The van der Waals surface area contributed by atoms with E-state index in [4.69, 9.17) is 10.5 Å². The fraction of sp³-hybridized carbons (Fsp3) is 0.222. The molecule has 3 nitrogen and oxygen atoms in total. The largest absolute Gasteiger partial charge is 0.480 e. The SMILES string of the molecule is C[C@@H](Oc1ccccc1Br)C(N)=O. The lowest BCUT2D eigenvalue weighted by molar-refractivity contribution is -0.124. The highest BCUT2D eigenvalue weighted by Crippen LogP contribution is 2.24. The van der Waals surface area contributed by atoms with Gasteiger partial charge in [-0.15, -0.1) is 0 Å². The number of rotatable bonds is 3. The minimum atomic E-state index is -0.612. The second-order valence-corrected chi connectivity index (χ2v) is 3.45. The van der Waals surface area contributed by atoms with Crippen LogP contribution in [0.25, 0.3) is 0 Å². The van der Waals surface area contributed by atoms with Crippen LogP contribution in [0.15, 0.2) is 28.7 Å². The van der Waals surface area contributed by atoms with Crippen LogP contribution in [-0.2, 0) is 4.79 Å². The van der Waals surface area contributed by atoms with Crippen molar-refractivity contribution >= 4 is 21.8 Å². The molecule has 0 radical (unpaired) electrons. The number of nitrogens with two attached hydrogens (primary N) is 1. The van der Waals surface area contributed by atoms with Gasteiger partial charge < -0.3 is 10.5 Å². The van der Waals surface area contributed by atoms with E-state index in [0.29, 0.717) is 5.75 Å². The Morgan fingerprint density at radius 2 is 2.15 bits per heavy atom. The normalized spacial score (nSPS) is 12.2. The van der Waals surface area contributed by atoms with E-state index in [9.17, 15) is 4.79 Å². The molecule has 0 saturated carbocycles. The van der Waals surface area contributed by atoms with Crippen LogP contribution in [0.3, 0.4) is 0 Å². The molecule has 0 heterocycles. The van der Waals surface area contributed by atoms with Crippen molar-refractivity contribution in [3.05, 3.63) is 28.7 Å². The minimum absolute atomic E-state index is 0.476. The Hall–Kier alpha value is -1.03. The van der Waals surface area contributed by atoms with Crippen LogP contribution in [0.1, 0.15) is 6.92 Å². The number of halogens is 1. The van der Waals surface area contributed by atoms with Crippen molar-refractivity contribution in [1.82, 2.24) is 0 Å². The molecule has 13 heavy (non-hydrogen) atoms. The lowest BCUT2D eigenvalue weighted by atomic mass is 10.3. The van der Waals surface area contributed by atoms with E-state index < -0.39 is 12.0 Å². The van der Waals surface area contributed by atoms with Crippen LogP contribution in [-0.4, -0.2) is 12.0 Å². The summed E-state index contributed by atoms with van der Waals surface area (Å²) in [4.78, 5) is 10.7.